The van der Waals surface area contributed by atoms with E-state index >= 15 is 0 Å². The van der Waals surface area contributed by atoms with Gasteiger partial charge in [-0.05, 0) is 42.8 Å². The molecule has 0 aliphatic heterocycles. The first-order valence-electron chi connectivity index (χ1n) is 8.02. The third-order valence-corrected chi connectivity index (χ3v) is 5.16. The van der Waals surface area contributed by atoms with E-state index in [1.165, 1.54) is 29.5 Å². The molecule has 0 spiro atoms. The average molecular weight is 408 g/mol. The number of carbonyl (C=O) groups is 1. The second-order valence-electron chi connectivity index (χ2n) is 5.98. The molecule has 27 heavy (non-hydrogen) atoms. The predicted molar refractivity (Wildman–Crippen MR) is 103 cm³/mol. The first kappa shape index (κ1) is 19.3. The van der Waals surface area contributed by atoms with Crippen molar-refractivity contribution in [3.8, 4) is 0 Å². The van der Waals surface area contributed by atoms with Crippen molar-refractivity contribution in [1.82, 2.24) is 4.57 Å². The molecule has 8 heteroatoms. The van der Waals surface area contributed by atoms with Crippen molar-refractivity contribution < 1.29 is 13.6 Å². The topological polar surface area (TPSA) is 46.4 Å². The van der Waals surface area contributed by atoms with E-state index in [-0.39, 0.29) is 23.0 Å². The molecule has 140 valence electrons. The lowest BCUT2D eigenvalue weighted by Crippen LogP contribution is -2.19. The number of thiazole rings is 1. The first-order chi connectivity index (χ1) is 12.8. The van der Waals surface area contributed by atoms with Crippen molar-refractivity contribution in [2.24, 2.45) is 12.0 Å². The average Bonchev–Trinajstić information content (AvgIpc) is 2.93. The third kappa shape index (κ3) is 4.61. The number of halogens is 3. The summed E-state index contributed by atoms with van der Waals surface area (Å²) in [5.41, 5.74) is 2.11. The Hall–Kier alpha value is -2.51. The van der Waals surface area contributed by atoms with E-state index in [0.717, 1.165) is 11.6 Å². The number of nitrogens with one attached hydrogen (secondary N) is 1. The van der Waals surface area contributed by atoms with Crippen LogP contribution >= 0.6 is 22.9 Å². The van der Waals surface area contributed by atoms with Crippen LogP contribution < -0.4 is 10.1 Å². The van der Waals surface area contributed by atoms with Gasteiger partial charge in [0.25, 0.3) is 0 Å². The number of benzene rings is 2. The summed E-state index contributed by atoms with van der Waals surface area (Å²) < 4.78 is 28.8. The van der Waals surface area contributed by atoms with Gasteiger partial charge in [0.05, 0.1) is 17.1 Å². The van der Waals surface area contributed by atoms with Gasteiger partial charge in [-0.2, -0.15) is 0 Å². The van der Waals surface area contributed by atoms with Crippen LogP contribution in [0.4, 0.5) is 20.2 Å². The highest BCUT2D eigenvalue weighted by molar-refractivity contribution is 7.07. The molecule has 0 fully saturated rings. The zero-order valence-corrected chi connectivity index (χ0v) is 16.2. The number of rotatable bonds is 4. The highest BCUT2D eigenvalue weighted by Gasteiger charge is 2.11. The Labute approximate surface area is 163 Å². The fourth-order valence-corrected chi connectivity index (χ4v) is 3.54. The predicted octanol–water partition coefficient (Wildman–Crippen LogP) is 4.74. The van der Waals surface area contributed by atoms with Gasteiger partial charge in [0, 0.05) is 18.1 Å². The molecule has 0 bridgehead atoms. The fourth-order valence-electron chi connectivity index (χ4n) is 2.42. The second kappa shape index (κ2) is 8.02. The number of anilines is 1. The molecule has 0 saturated heterocycles. The fraction of sp³-hybridized carbons (Fsp3) is 0.158. The van der Waals surface area contributed by atoms with Gasteiger partial charge < -0.3 is 9.88 Å². The van der Waals surface area contributed by atoms with E-state index < -0.39 is 11.6 Å². The monoisotopic (exact) mass is 407 g/mol. The molecule has 1 amide bonds. The van der Waals surface area contributed by atoms with E-state index in [1.54, 1.807) is 29.1 Å². The maximum Gasteiger partial charge on any atom is 0.230 e. The molecule has 0 atom stereocenters. The summed E-state index contributed by atoms with van der Waals surface area (Å²) >= 11 is 7.23. The molecule has 4 nitrogen and oxygen atoms in total. The molecular weight excluding hydrogens is 392 g/mol. The number of carbonyl (C=O) groups excluding carboxylic acids is 1. The number of nitrogens with zero attached hydrogens (tertiary/aromatic N) is 2. The minimum Gasteiger partial charge on any atom is -0.324 e. The maximum absolute atomic E-state index is 14.0. The summed E-state index contributed by atoms with van der Waals surface area (Å²) in [5, 5.41) is 4.57. The summed E-state index contributed by atoms with van der Waals surface area (Å²) in [5.74, 6) is -1.17. The molecule has 3 rings (SSSR count). The molecule has 0 aliphatic carbocycles. The Balaban J connectivity index is 1.79. The Morgan fingerprint density at radius 3 is 2.74 bits per heavy atom. The van der Waals surface area contributed by atoms with Crippen molar-refractivity contribution in [2.45, 2.75) is 13.3 Å². The zero-order chi connectivity index (χ0) is 19.6. The molecule has 3 aromatic rings. The quantitative estimate of drug-likeness (QED) is 0.667. The summed E-state index contributed by atoms with van der Waals surface area (Å²) in [4.78, 5) is 17.2. The van der Waals surface area contributed by atoms with Gasteiger partial charge in [0.15, 0.2) is 4.80 Å². The normalized spacial score (nSPS) is 11.7. The lowest BCUT2D eigenvalue weighted by atomic mass is 10.2. The molecule has 0 aliphatic rings. The van der Waals surface area contributed by atoms with Crippen LogP contribution in [0.15, 0.2) is 46.8 Å². The summed E-state index contributed by atoms with van der Waals surface area (Å²) in [7, 11) is 1.76. The van der Waals surface area contributed by atoms with Crippen LogP contribution in [0.3, 0.4) is 0 Å². The van der Waals surface area contributed by atoms with Crippen molar-refractivity contribution in [1.29, 1.82) is 0 Å². The zero-order valence-electron chi connectivity index (χ0n) is 14.6. The number of hydrogen-bond donors (Lipinski definition) is 1. The molecule has 0 unspecified atom stereocenters. The lowest BCUT2D eigenvalue weighted by molar-refractivity contribution is -0.115. The molecule has 1 heterocycles. The van der Waals surface area contributed by atoms with E-state index in [2.05, 4.69) is 10.3 Å². The van der Waals surface area contributed by atoms with E-state index in [1.807, 2.05) is 6.92 Å². The van der Waals surface area contributed by atoms with Gasteiger partial charge >= 0.3 is 0 Å². The standard InChI is InChI=1S/C19H16ClF2N3OS/c1-11-3-5-17(15(22)7-11)24-19-25(2)13(10-27-19)9-18(26)23-16-6-4-12(21)8-14(16)20/h3-8,10H,9H2,1-2H3,(H,23,26). The van der Waals surface area contributed by atoms with Gasteiger partial charge in [-0.15, -0.1) is 11.3 Å². The maximum atomic E-state index is 14.0. The van der Waals surface area contributed by atoms with Crippen LogP contribution in [0.5, 0.6) is 0 Å². The minimum absolute atomic E-state index is 0.0760. The second-order valence-corrected chi connectivity index (χ2v) is 7.23. The Morgan fingerprint density at radius 1 is 1.26 bits per heavy atom. The Bertz CT molecular complexity index is 1080. The summed E-state index contributed by atoms with van der Waals surface area (Å²) in [6, 6.07) is 8.59. The van der Waals surface area contributed by atoms with Gasteiger partial charge in [0.2, 0.25) is 5.91 Å². The molecular formula is C19H16ClF2N3OS. The molecule has 0 radical (unpaired) electrons. The van der Waals surface area contributed by atoms with E-state index in [0.29, 0.717) is 16.2 Å². The van der Waals surface area contributed by atoms with Crippen LogP contribution in [-0.2, 0) is 18.3 Å². The number of aromatic nitrogens is 1. The molecule has 2 aromatic carbocycles. The smallest absolute Gasteiger partial charge is 0.230 e. The summed E-state index contributed by atoms with van der Waals surface area (Å²) in [6.45, 7) is 1.81. The van der Waals surface area contributed by atoms with Crippen LogP contribution in [-0.4, -0.2) is 10.5 Å². The number of aryl methyl sites for hydroxylation is 1. The van der Waals surface area contributed by atoms with Gasteiger partial charge in [-0.25, -0.2) is 13.8 Å². The molecule has 1 N–H and O–H groups in total. The molecule has 0 saturated carbocycles. The van der Waals surface area contributed by atoms with E-state index in [9.17, 15) is 13.6 Å². The Morgan fingerprint density at radius 2 is 2.04 bits per heavy atom. The Kier molecular flexibility index (Phi) is 5.72. The molecule has 1 aromatic heterocycles. The number of hydrogen-bond acceptors (Lipinski definition) is 3. The van der Waals surface area contributed by atoms with Gasteiger partial charge in [-0.3, -0.25) is 4.79 Å². The van der Waals surface area contributed by atoms with Crippen molar-refractivity contribution in [3.63, 3.8) is 0 Å². The highest BCUT2D eigenvalue weighted by Crippen LogP contribution is 2.22. The SMILES string of the molecule is Cc1ccc(N=c2scc(CC(=O)Nc3ccc(F)cc3Cl)n2C)c(F)c1. The van der Waals surface area contributed by atoms with Crippen molar-refractivity contribution >= 4 is 40.2 Å². The van der Waals surface area contributed by atoms with Gasteiger partial charge in [-0.1, -0.05) is 17.7 Å². The third-order valence-electron chi connectivity index (χ3n) is 3.88. The van der Waals surface area contributed by atoms with Crippen LogP contribution in [0.2, 0.25) is 5.02 Å². The van der Waals surface area contributed by atoms with Crippen molar-refractivity contribution in [2.75, 3.05) is 5.32 Å². The van der Waals surface area contributed by atoms with Crippen molar-refractivity contribution in [3.05, 3.63) is 74.5 Å². The first-order valence-corrected chi connectivity index (χ1v) is 9.28. The minimum atomic E-state index is -0.475. The summed E-state index contributed by atoms with van der Waals surface area (Å²) in [6.07, 6.45) is 0.0760. The van der Waals surface area contributed by atoms with Crippen LogP contribution in [0.1, 0.15) is 11.3 Å². The number of amides is 1. The van der Waals surface area contributed by atoms with E-state index in [4.69, 9.17) is 11.6 Å². The largest absolute Gasteiger partial charge is 0.324 e. The van der Waals surface area contributed by atoms with Crippen LogP contribution in [0, 0.1) is 18.6 Å². The lowest BCUT2D eigenvalue weighted by Gasteiger charge is -2.07. The van der Waals surface area contributed by atoms with Gasteiger partial charge in [0.1, 0.15) is 17.3 Å². The highest BCUT2D eigenvalue weighted by atomic mass is 35.5. The van der Waals surface area contributed by atoms with Crippen LogP contribution in [0.25, 0.3) is 0 Å².